The van der Waals surface area contributed by atoms with Gasteiger partial charge in [0.05, 0.1) is 24.9 Å². The Bertz CT molecular complexity index is 662. The van der Waals surface area contributed by atoms with Crippen LogP contribution in [-0.2, 0) is 19.6 Å². The maximum atomic E-state index is 11.8. The number of esters is 1. The third-order valence-corrected chi connectivity index (χ3v) is 3.49. The second-order valence-electron chi connectivity index (χ2n) is 3.63. The van der Waals surface area contributed by atoms with E-state index in [0.717, 1.165) is 7.11 Å². The number of rotatable bonds is 4. The second kappa shape index (κ2) is 7.14. The van der Waals surface area contributed by atoms with Crippen molar-refractivity contribution >= 4 is 33.3 Å². The summed E-state index contributed by atoms with van der Waals surface area (Å²) in [5, 5.41) is 0.405. The first-order valence-corrected chi connectivity index (χ1v) is 7.47. The number of benzene rings is 1. The van der Waals surface area contributed by atoms with Crippen LogP contribution in [0, 0.1) is 11.8 Å². The first-order chi connectivity index (χ1) is 9.38. The quantitative estimate of drug-likeness (QED) is 0.625. The van der Waals surface area contributed by atoms with Crippen molar-refractivity contribution in [3.8, 4) is 11.8 Å². The number of sulfonamides is 1. The maximum absolute atomic E-state index is 11.8. The summed E-state index contributed by atoms with van der Waals surface area (Å²) in [5.74, 6) is 3.66. The molecule has 0 unspecified atom stereocenters. The third-order valence-electron chi connectivity index (χ3n) is 2.11. The van der Waals surface area contributed by atoms with Gasteiger partial charge in [-0.15, -0.1) is 0 Å². The fraction of sp³-hybridized carbons (Fsp3) is 0.250. The van der Waals surface area contributed by atoms with Crippen molar-refractivity contribution in [2.75, 3.05) is 24.1 Å². The van der Waals surface area contributed by atoms with Gasteiger partial charge in [-0.1, -0.05) is 23.4 Å². The Kier molecular flexibility index (Phi) is 5.82. The monoisotopic (exact) mass is 316 g/mol. The SMILES string of the molecule is COC(=O)CS(=O)(=O)Nc1ccc(Cl)cc1C#CCN. The molecule has 1 rings (SSSR count). The summed E-state index contributed by atoms with van der Waals surface area (Å²) < 4.78 is 30.1. The van der Waals surface area contributed by atoms with E-state index >= 15 is 0 Å². The molecule has 8 heteroatoms. The molecule has 1 aromatic carbocycles. The molecule has 0 saturated carbocycles. The lowest BCUT2D eigenvalue weighted by molar-refractivity contribution is -0.137. The molecule has 3 N–H and O–H groups in total. The highest BCUT2D eigenvalue weighted by Crippen LogP contribution is 2.21. The molecule has 0 fully saturated rings. The number of methoxy groups -OCH3 is 1. The van der Waals surface area contributed by atoms with Gasteiger partial charge in [0.1, 0.15) is 0 Å². The number of ether oxygens (including phenoxy) is 1. The van der Waals surface area contributed by atoms with E-state index in [9.17, 15) is 13.2 Å². The van der Waals surface area contributed by atoms with Crippen LogP contribution in [0.4, 0.5) is 5.69 Å². The van der Waals surface area contributed by atoms with Crippen molar-refractivity contribution in [1.29, 1.82) is 0 Å². The summed E-state index contributed by atoms with van der Waals surface area (Å²) in [7, 11) is -2.76. The van der Waals surface area contributed by atoms with Crippen LogP contribution in [0.25, 0.3) is 0 Å². The Morgan fingerprint density at radius 1 is 1.50 bits per heavy atom. The predicted molar refractivity (Wildman–Crippen MR) is 76.8 cm³/mol. The fourth-order valence-corrected chi connectivity index (χ4v) is 2.46. The second-order valence-corrected chi connectivity index (χ2v) is 5.79. The average Bonchev–Trinajstić information content (AvgIpc) is 2.38. The first kappa shape index (κ1) is 16.3. The Labute approximate surface area is 122 Å². The Hall–Kier alpha value is -1.75. The van der Waals surface area contributed by atoms with Crippen LogP contribution in [0.3, 0.4) is 0 Å². The number of anilines is 1. The lowest BCUT2D eigenvalue weighted by Crippen LogP contribution is -2.24. The summed E-state index contributed by atoms with van der Waals surface area (Å²) >= 11 is 5.82. The number of nitrogens with one attached hydrogen (secondary N) is 1. The van der Waals surface area contributed by atoms with Crippen molar-refractivity contribution in [2.45, 2.75) is 0 Å². The van der Waals surface area contributed by atoms with Gasteiger partial charge < -0.3 is 10.5 Å². The highest BCUT2D eigenvalue weighted by Gasteiger charge is 2.18. The average molecular weight is 317 g/mol. The smallest absolute Gasteiger partial charge is 0.322 e. The van der Waals surface area contributed by atoms with Crippen molar-refractivity contribution < 1.29 is 17.9 Å². The number of carbonyl (C=O) groups excluding carboxylic acids is 1. The number of hydrogen-bond acceptors (Lipinski definition) is 5. The predicted octanol–water partition coefficient (Wildman–Crippen LogP) is 0.565. The lowest BCUT2D eigenvalue weighted by Gasteiger charge is -2.09. The van der Waals surface area contributed by atoms with E-state index in [1.165, 1.54) is 18.2 Å². The highest BCUT2D eigenvalue weighted by molar-refractivity contribution is 7.93. The number of halogens is 1. The number of hydrogen-bond donors (Lipinski definition) is 2. The molecule has 6 nitrogen and oxygen atoms in total. The molecule has 0 spiro atoms. The molecule has 0 saturated heterocycles. The largest absolute Gasteiger partial charge is 0.468 e. The van der Waals surface area contributed by atoms with Crippen LogP contribution in [0.2, 0.25) is 5.02 Å². The minimum Gasteiger partial charge on any atom is -0.468 e. The molecular formula is C12H13ClN2O4S. The van der Waals surface area contributed by atoms with Crippen LogP contribution in [-0.4, -0.2) is 33.8 Å². The summed E-state index contributed by atoms with van der Waals surface area (Å²) in [5.41, 5.74) is 5.86. The topological polar surface area (TPSA) is 98.5 Å². The Morgan fingerprint density at radius 2 is 2.20 bits per heavy atom. The zero-order valence-corrected chi connectivity index (χ0v) is 12.2. The zero-order chi connectivity index (χ0) is 15.2. The minimum absolute atomic E-state index is 0.126. The van der Waals surface area contributed by atoms with Crippen molar-refractivity contribution in [2.24, 2.45) is 5.73 Å². The van der Waals surface area contributed by atoms with Crippen LogP contribution >= 0.6 is 11.6 Å². The summed E-state index contributed by atoms with van der Waals surface area (Å²) in [6.07, 6.45) is 0. The summed E-state index contributed by atoms with van der Waals surface area (Å²) in [6.45, 7) is 0.126. The van der Waals surface area contributed by atoms with Gasteiger partial charge in [-0.25, -0.2) is 8.42 Å². The van der Waals surface area contributed by atoms with Crippen LogP contribution in [0.1, 0.15) is 5.56 Å². The Balaban J connectivity index is 3.05. The van der Waals surface area contributed by atoms with Crippen LogP contribution in [0.15, 0.2) is 18.2 Å². The van der Waals surface area contributed by atoms with Gasteiger partial charge in [-0.2, -0.15) is 0 Å². The van der Waals surface area contributed by atoms with Crippen molar-refractivity contribution in [1.82, 2.24) is 0 Å². The zero-order valence-electron chi connectivity index (χ0n) is 10.6. The van der Waals surface area contributed by atoms with E-state index in [0.29, 0.717) is 10.6 Å². The van der Waals surface area contributed by atoms with Gasteiger partial charge in [-0.05, 0) is 18.2 Å². The number of carbonyl (C=O) groups is 1. The summed E-state index contributed by atoms with van der Waals surface area (Å²) in [4.78, 5) is 11.0. The van der Waals surface area contributed by atoms with Gasteiger partial charge in [0.2, 0.25) is 10.0 Å². The molecule has 0 atom stereocenters. The standard InChI is InChI=1S/C12H13ClN2O4S/c1-19-12(16)8-20(17,18)15-11-5-4-10(13)7-9(11)3-2-6-14/h4-5,7,15H,6,8,14H2,1H3. The van der Waals surface area contributed by atoms with Gasteiger partial charge >= 0.3 is 5.97 Å². The third kappa shape index (κ3) is 5.09. The molecule has 0 radical (unpaired) electrons. The number of nitrogens with two attached hydrogens (primary N) is 1. The van der Waals surface area contributed by atoms with Gasteiger partial charge in [-0.3, -0.25) is 9.52 Å². The van der Waals surface area contributed by atoms with E-state index in [4.69, 9.17) is 17.3 Å². The first-order valence-electron chi connectivity index (χ1n) is 5.44. The molecule has 108 valence electrons. The molecule has 0 bridgehead atoms. The molecule has 1 aromatic rings. The molecule has 0 heterocycles. The van der Waals surface area contributed by atoms with E-state index in [2.05, 4.69) is 21.3 Å². The van der Waals surface area contributed by atoms with E-state index in [-0.39, 0.29) is 12.2 Å². The molecular weight excluding hydrogens is 304 g/mol. The molecule has 0 aromatic heterocycles. The fourth-order valence-electron chi connectivity index (χ4n) is 1.27. The normalized spacial score (nSPS) is 10.3. The molecule has 0 amide bonds. The van der Waals surface area contributed by atoms with Crippen LogP contribution < -0.4 is 10.5 Å². The highest BCUT2D eigenvalue weighted by atomic mass is 35.5. The van der Waals surface area contributed by atoms with Gasteiger partial charge in [0.25, 0.3) is 0 Å². The molecule has 0 aliphatic heterocycles. The van der Waals surface area contributed by atoms with E-state index in [1.807, 2.05) is 0 Å². The minimum atomic E-state index is -3.87. The molecule has 0 aliphatic carbocycles. The summed E-state index contributed by atoms with van der Waals surface area (Å²) in [6, 6.07) is 4.46. The van der Waals surface area contributed by atoms with Crippen molar-refractivity contribution in [3.05, 3.63) is 28.8 Å². The maximum Gasteiger partial charge on any atom is 0.322 e. The van der Waals surface area contributed by atoms with Gasteiger partial charge in [0, 0.05) is 5.02 Å². The van der Waals surface area contributed by atoms with Crippen molar-refractivity contribution in [3.63, 3.8) is 0 Å². The Morgan fingerprint density at radius 3 is 2.80 bits per heavy atom. The molecule has 20 heavy (non-hydrogen) atoms. The molecule has 0 aliphatic rings. The van der Waals surface area contributed by atoms with E-state index in [1.54, 1.807) is 0 Å². The van der Waals surface area contributed by atoms with E-state index < -0.39 is 21.7 Å². The lowest BCUT2D eigenvalue weighted by atomic mass is 10.2. The van der Waals surface area contributed by atoms with Gasteiger partial charge in [0.15, 0.2) is 5.75 Å². The van der Waals surface area contributed by atoms with Crippen LogP contribution in [0.5, 0.6) is 0 Å².